The number of anilines is 1. The Hall–Kier alpha value is -1.29. The highest BCUT2D eigenvalue weighted by Crippen LogP contribution is 2.11. The van der Waals surface area contributed by atoms with Crippen molar-refractivity contribution in [2.75, 3.05) is 31.2 Å². The molecular formula is C10H14N2O2. The fraction of sp³-hybridized carbons (Fsp3) is 0.500. The summed E-state index contributed by atoms with van der Waals surface area (Å²) in [6.45, 7) is 4.99. The average Bonchev–Trinajstić information content (AvgIpc) is 2.23. The molecular weight excluding hydrogens is 180 g/mol. The largest absolute Gasteiger partial charge is 0.711 e. The quantitative estimate of drug-likeness (QED) is 0.482. The Labute approximate surface area is 83.3 Å². The van der Waals surface area contributed by atoms with Crippen LogP contribution in [-0.2, 0) is 4.74 Å². The summed E-state index contributed by atoms with van der Waals surface area (Å²) in [6, 6.07) is 3.73. The second kappa shape index (κ2) is 3.84. The number of nitrogens with zero attached hydrogens (tertiary/aromatic N) is 2. The number of ether oxygens (including phenoxy) is 1. The van der Waals surface area contributed by atoms with Crippen LogP contribution in [0.4, 0.5) is 5.82 Å². The van der Waals surface area contributed by atoms with E-state index < -0.39 is 0 Å². The molecule has 0 aromatic carbocycles. The fourth-order valence-electron chi connectivity index (χ4n) is 1.60. The molecule has 0 N–H and O–H groups in total. The molecule has 0 spiro atoms. The first-order valence-electron chi connectivity index (χ1n) is 4.80. The van der Waals surface area contributed by atoms with E-state index in [0.717, 1.165) is 29.2 Å². The van der Waals surface area contributed by atoms with Gasteiger partial charge < -0.3 is 9.94 Å². The second-order valence-electron chi connectivity index (χ2n) is 3.49. The Morgan fingerprint density at radius 3 is 2.86 bits per heavy atom. The molecule has 1 aliphatic heterocycles. The van der Waals surface area contributed by atoms with Crippen molar-refractivity contribution in [3.63, 3.8) is 0 Å². The Balaban J connectivity index is 2.24. The maximum absolute atomic E-state index is 11.5. The molecule has 1 fully saturated rings. The Kier molecular flexibility index (Phi) is 2.54. The first-order chi connectivity index (χ1) is 6.77. The van der Waals surface area contributed by atoms with E-state index in [1.807, 2.05) is 19.1 Å². The van der Waals surface area contributed by atoms with Crippen LogP contribution in [0.2, 0.25) is 0 Å². The van der Waals surface area contributed by atoms with Gasteiger partial charge in [0, 0.05) is 6.07 Å². The zero-order valence-electron chi connectivity index (χ0n) is 8.27. The van der Waals surface area contributed by atoms with Crippen molar-refractivity contribution >= 4 is 5.82 Å². The highest BCUT2D eigenvalue weighted by atomic mass is 16.5. The molecule has 2 heterocycles. The van der Waals surface area contributed by atoms with E-state index in [-0.39, 0.29) is 0 Å². The van der Waals surface area contributed by atoms with Crippen molar-refractivity contribution in [1.29, 1.82) is 0 Å². The lowest BCUT2D eigenvalue weighted by Gasteiger charge is -2.24. The van der Waals surface area contributed by atoms with E-state index in [9.17, 15) is 5.21 Å². The summed E-state index contributed by atoms with van der Waals surface area (Å²) >= 11 is 0. The van der Waals surface area contributed by atoms with Gasteiger partial charge in [0.25, 0.3) is 5.82 Å². The van der Waals surface area contributed by atoms with Crippen LogP contribution in [0.5, 0.6) is 0 Å². The van der Waals surface area contributed by atoms with Crippen LogP contribution in [0.25, 0.3) is 0 Å². The molecule has 0 atom stereocenters. The molecule has 76 valence electrons. The van der Waals surface area contributed by atoms with Crippen LogP contribution in [-0.4, -0.2) is 26.3 Å². The van der Waals surface area contributed by atoms with E-state index >= 15 is 0 Å². The molecule has 0 radical (unpaired) electrons. The van der Waals surface area contributed by atoms with Crippen molar-refractivity contribution in [3.05, 3.63) is 29.1 Å². The maximum Gasteiger partial charge on any atom is 0.280 e. The normalized spacial score (nSPS) is 17.1. The molecule has 0 aliphatic carbocycles. The van der Waals surface area contributed by atoms with Gasteiger partial charge in [-0.1, -0.05) is 0 Å². The van der Waals surface area contributed by atoms with Gasteiger partial charge in [-0.25, -0.2) is 4.73 Å². The number of rotatable bonds is 1. The Bertz CT molecular complexity index is 322. The molecule has 14 heavy (non-hydrogen) atoms. The number of morpholine rings is 1. The smallest absolute Gasteiger partial charge is 0.280 e. The van der Waals surface area contributed by atoms with Crippen LogP contribution in [0.1, 0.15) is 5.56 Å². The zero-order valence-corrected chi connectivity index (χ0v) is 8.27. The van der Waals surface area contributed by atoms with Crippen LogP contribution in [0.3, 0.4) is 0 Å². The van der Waals surface area contributed by atoms with Crippen molar-refractivity contribution in [2.24, 2.45) is 0 Å². The van der Waals surface area contributed by atoms with Crippen LogP contribution in [0.15, 0.2) is 18.3 Å². The summed E-state index contributed by atoms with van der Waals surface area (Å²) in [7, 11) is 0. The van der Waals surface area contributed by atoms with Gasteiger partial charge in [-0.3, -0.25) is 4.90 Å². The lowest BCUT2D eigenvalue weighted by Crippen LogP contribution is -2.44. The third-order valence-corrected chi connectivity index (χ3v) is 2.39. The van der Waals surface area contributed by atoms with Gasteiger partial charge in [-0.15, -0.1) is 0 Å². The summed E-state index contributed by atoms with van der Waals surface area (Å²) < 4.78 is 6.15. The topological polar surface area (TPSA) is 39.4 Å². The molecule has 2 rings (SSSR count). The van der Waals surface area contributed by atoms with E-state index in [1.54, 1.807) is 6.20 Å². The lowest BCUT2D eigenvalue weighted by molar-refractivity contribution is -0.592. The number of hydrogen-bond acceptors (Lipinski definition) is 3. The maximum atomic E-state index is 11.5. The zero-order chi connectivity index (χ0) is 9.97. The molecule has 1 saturated heterocycles. The lowest BCUT2D eigenvalue weighted by atomic mass is 10.3. The fourth-order valence-corrected chi connectivity index (χ4v) is 1.60. The standard InChI is InChI=1S/C10H14N2O2/c1-9-2-3-12(13)10(8-9)11-4-6-14-7-5-11/h2-3,8H,4-7H2,1H3. The molecule has 1 aromatic heterocycles. The second-order valence-corrected chi connectivity index (χ2v) is 3.49. The minimum Gasteiger partial charge on any atom is -0.711 e. The Morgan fingerprint density at radius 2 is 2.14 bits per heavy atom. The van der Waals surface area contributed by atoms with Crippen molar-refractivity contribution < 1.29 is 9.47 Å². The monoisotopic (exact) mass is 194 g/mol. The molecule has 4 nitrogen and oxygen atoms in total. The summed E-state index contributed by atoms with van der Waals surface area (Å²) in [5.41, 5.74) is 1.11. The highest BCUT2D eigenvalue weighted by Gasteiger charge is 2.19. The van der Waals surface area contributed by atoms with Gasteiger partial charge in [0.2, 0.25) is 0 Å². The SMILES string of the molecule is Cc1cc[n+]([O-])c(N2CCOCC2)c1. The van der Waals surface area contributed by atoms with Crippen LogP contribution < -0.4 is 9.63 Å². The average molecular weight is 194 g/mol. The minimum absolute atomic E-state index is 0.702. The predicted molar refractivity (Wildman–Crippen MR) is 53.2 cm³/mol. The van der Waals surface area contributed by atoms with E-state index in [4.69, 9.17) is 4.74 Å². The van der Waals surface area contributed by atoms with Crippen molar-refractivity contribution in [1.82, 2.24) is 0 Å². The summed E-state index contributed by atoms with van der Waals surface area (Å²) in [5, 5.41) is 11.5. The van der Waals surface area contributed by atoms with E-state index in [1.165, 1.54) is 0 Å². The predicted octanol–water partition coefficient (Wildman–Crippen LogP) is 0.465. The Morgan fingerprint density at radius 1 is 1.43 bits per heavy atom. The van der Waals surface area contributed by atoms with Crippen LogP contribution in [0, 0.1) is 12.1 Å². The van der Waals surface area contributed by atoms with Crippen molar-refractivity contribution in [3.8, 4) is 0 Å². The molecule has 1 aliphatic rings. The van der Waals surface area contributed by atoms with E-state index in [0.29, 0.717) is 13.2 Å². The van der Waals surface area contributed by atoms with Gasteiger partial charge in [-0.2, -0.15) is 0 Å². The molecule has 0 bridgehead atoms. The number of pyridine rings is 1. The van der Waals surface area contributed by atoms with Gasteiger partial charge in [-0.05, 0) is 18.6 Å². The molecule has 0 amide bonds. The molecule has 0 saturated carbocycles. The van der Waals surface area contributed by atoms with Gasteiger partial charge in [0.1, 0.15) is 13.1 Å². The number of aromatic nitrogens is 1. The first kappa shape index (κ1) is 9.27. The first-order valence-corrected chi connectivity index (χ1v) is 4.80. The third-order valence-electron chi connectivity index (χ3n) is 2.39. The van der Waals surface area contributed by atoms with Gasteiger partial charge in [0.05, 0.1) is 19.4 Å². The number of aryl methyl sites for hydroxylation is 1. The minimum atomic E-state index is 0.702. The highest BCUT2D eigenvalue weighted by molar-refractivity contribution is 5.36. The molecule has 4 heteroatoms. The summed E-state index contributed by atoms with van der Waals surface area (Å²) in [4.78, 5) is 2.06. The summed E-state index contributed by atoms with van der Waals surface area (Å²) in [6.07, 6.45) is 1.56. The number of hydrogen-bond donors (Lipinski definition) is 0. The third kappa shape index (κ3) is 1.80. The van der Waals surface area contributed by atoms with Gasteiger partial charge >= 0.3 is 0 Å². The molecule has 0 unspecified atom stereocenters. The van der Waals surface area contributed by atoms with E-state index in [2.05, 4.69) is 4.90 Å². The van der Waals surface area contributed by atoms with Gasteiger partial charge in [0.15, 0.2) is 0 Å². The molecule has 1 aromatic rings. The van der Waals surface area contributed by atoms with Crippen LogP contribution >= 0.6 is 0 Å². The van der Waals surface area contributed by atoms with Crippen molar-refractivity contribution in [2.45, 2.75) is 6.92 Å². The summed E-state index contributed by atoms with van der Waals surface area (Å²) in [5.74, 6) is 0.730.